The zero-order chi connectivity index (χ0) is 18.1. The molecule has 0 spiro atoms. The number of H-pyrrole nitrogens is 1. The lowest BCUT2D eigenvalue weighted by Crippen LogP contribution is -2.15. The normalized spacial score (nSPS) is 11.0. The second kappa shape index (κ2) is 6.44. The molecule has 1 N–H and O–H groups in total. The largest absolute Gasteiger partial charge is 0.469 e. The number of Topliss-reactive ketones (excluding diaryl/α,β-unsaturated/α-hetero) is 1. The molecule has 0 aliphatic rings. The molecule has 0 amide bonds. The Bertz CT molecular complexity index is 1160. The summed E-state index contributed by atoms with van der Waals surface area (Å²) in [4.78, 5) is 32.0. The van der Waals surface area contributed by atoms with Gasteiger partial charge in [-0.3, -0.25) is 9.59 Å². The number of fused-ring (bicyclic) bond motifs is 1. The van der Waals surface area contributed by atoms with Crippen molar-refractivity contribution in [3.8, 4) is 11.1 Å². The van der Waals surface area contributed by atoms with E-state index in [1.807, 2.05) is 48.5 Å². The average molecular weight is 344 g/mol. The van der Waals surface area contributed by atoms with Crippen molar-refractivity contribution in [1.29, 1.82) is 0 Å². The first-order chi connectivity index (χ1) is 12.6. The molecule has 0 fully saturated rings. The number of aromatic amines is 1. The van der Waals surface area contributed by atoms with Crippen LogP contribution in [0.1, 0.15) is 21.9 Å². The number of rotatable bonds is 4. The molecule has 0 aliphatic carbocycles. The zero-order valence-electron chi connectivity index (χ0n) is 14.2. The van der Waals surface area contributed by atoms with Gasteiger partial charge in [0.2, 0.25) is 0 Å². The first-order valence-corrected chi connectivity index (χ1v) is 8.27. The third-order valence-electron chi connectivity index (χ3n) is 4.35. The molecule has 0 aliphatic heterocycles. The van der Waals surface area contributed by atoms with Crippen molar-refractivity contribution in [3.05, 3.63) is 88.4 Å². The van der Waals surface area contributed by atoms with Crippen LogP contribution in [-0.2, 0) is 6.42 Å². The van der Waals surface area contributed by atoms with Crippen LogP contribution in [0.3, 0.4) is 0 Å². The van der Waals surface area contributed by atoms with Gasteiger partial charge in [0.15, 0.2) is 5.78 Å². The molecule has 0 radical (unpaired) electrons. The summed E-state index contributed by atoms with van der Waals surface area (Å²) in [5.41, 5.74) is 2.80. The molecule has 26 heavy (non-hydrogen) atoms. The molecule has 0 saturated heterocycles. The van der Waals surface area contributed by atoms with Gasteiger partial charge in [-0.25, -0.2) is 4.98 Å². The van der Waals surface area contributed by atoms with Crippen LogP contribution in [0.25, 0.3) is 22.0 Å². The number of carbonyl (C=O) groups excluding carboxylic acids is 1. The fraction of sp³-hybridized carbons (Fsp3) is 0.0952. The number of aryl methyl sites for hydroxylation is 1. The Labute approximate surface area is 149 Å². The predicted molar refractivity (Wildman–Crippen MR) is 99.3 cm³/mol. The van der Waals surface area contributed by atoms with Crippen LogP contribution in [0.5, 0.6) is 0 Å². The minimum Gasteiger partial charge on any atom is -0.469 e. The molecule has 2 heterocycles. The molecule has 128 valence electrons. The second-order valence-corrected chi connectivity index (χ2v) is 6.10. The molecule has 0 unspecified atom stereocenters. The molecule has 0 saturated carbocycles. The lowest BCUT2D eigenvalue weighted by molar-refractivity contribution is 0.0989. The van der Waals surface area contributed by atoms with E-state index in [1.54, 1.807) is 13.0 Å². The third-order valence-corrected chi connectivity index (χ3v) is 4.35. The van der Waals surface area contributed by atoms with Gasteiger partial charge in [-0.15, -0.1) is 0 Å². The van der Waals surface area contributed by atoms with Gasteiger partial charge in [0.1, 0.15) is 11.6 Å². The number of nitrogens with one attached hydrogen (secondary N) is 1. The van der Waals surface area contributed by atoms with E-state index in [0.29, 0.717) is 28.1 Å². The van der Waals surface area contributed by atoms with E-state index in [9.17, 15) is 9.59 Å². The van der Waals surface area contributed by atoms with Gasteiger partial charge < -0.3 is 9.40 Å². The summed E-state index contributed by atoms with van der Waals surface area (Å²) in [5.74, 6) is 0.769. The van der Waals surface area contributed by atoms with E-state index >= 15 is 0 Å². The van der Waals surface area contributed by atoms with Gasteiger partial charge in [-0.2, -0.15) is 0 Å². The van der Waals surface area contributed by atoms with E-state index in [-0.39, 0.29) is 17.8 Å². The molecule has 5 nitrogen and oxygen atoms in total. The van der Waals surface area contributed by atoms with Crippen LogP contribution in [0, 0.1) is 6.92 Å². The maximum atomic E-state index is 12.5. The Morgan fingerprint density at radius 3 is 2.62 bits per heavy atom. The van der Waals surface area contributed by atoms with Crippen molar-refractivity contribution in [3.63, 3.8) is 0 Å². The van der Waals surface area contributed by atoms with Crippen molar-refractivity contribution < 1.29 is 9.21 Å². The number of furan rings is 1. The Morgan fingerprint density at radius 2 is 1.88 bits per heavy atom. The van der Waals surface area contributed by atoms with Gasteiger partial charge in [0.05, 0.1) is 29.2 Å². The zero-order valence-corrected chi connectivity index (χ0v) is 14.2. The Hall–Kier alpha value is -3.47. The standard InChI is InChI=1S/C21H16N2O3/c1-13-16(9-10-26-13)19(24)12-20-22-18-8-7-15(11-17(18)21(25)23-20)14-5-3-2-4-6-14/h2-11H,12H2,1H3,(H,22,23,25). The molecule has 0 bridgehead atoms. The highest BCUT2D eigenvalue weighted by molar-refractivity contribution is 5.98. The smallest absolute Gasteiger partial charge is 0.258 e. The topological polar surface area (TPSA) is 76.0 Å². The number of hydrogen-bond donors (Lipinski definition) is 1. The molecule has 0 atom stereocenters. The summed E-state index contributed by atoms with van der Waals surface area (Å²) in [7, 11) is 0. The maximum Gasteiger partial charge on any atom is 0.258 e. The van der Waals surface area contributed by atoms with Gasteiger partial charge in [-0.05, 0) is 36.2 Å². The minimum atomic E-state index is -0.250. The number of nitrogens with zero attached hydrogens (tertiary/aromatic N) is 1. The summed E-state index contributed by atoms with van der Waals surface area (Å²) < 4.78 is 5.16. The van der Waals surface area contributed by atoms with Gasteiger partial charge in [0.25, 0.3) is 5.56 Å². The lowest BCUT2D eigenvalue weighted by Gasteiger charge is -2.05. The summed E-state index contributed by atoms with van der Waals surface area (Å²) in [6.45, 7) is 1.73. The van der Waals surface area contributed by atoms with Crippen molar-refractivity contribution >= 4 is 16.7 Å². The number of aromatic nitrogens is 2. The fourth-order valence-electron chi connectivity index (χ4n) is 3.00. The van der Waals surface area contributed by atoms with Crippen molar-refractivity contribution in [2.45, 2.75) is 13.3 Å². The van der Waals surface area contributed by atoms with Crippen molar-refractivity contribution in [1.82, 2.24) is 9.97 Å². The quantitative estimate of drug-likeness (QED) is 0.569. The average Bonchev–Trinajstić information content (AvgIpc) is 3.08. The van der Waals surface area contributed by atoms with E-state index in [4.69, 9.17) is 4.42 Å². The van der Waals surface area contributed by atoms with E-state index in [0.717, 1.165) is 11.1 Å². The first kappa shape index (κ1) is 16.0. The van der Waals surface area contributed by atoms with Crippen LogP contribution < -0.4 is 5.56 Å². The van der Waals surface area contributed by atoms with Crippen molar-refractivity contribution in [2.24, 2.45) is 0 Å². The number of hydrogen-bond acceptors (Lipinski definition) is 4. The predicted octanol–water partition coefficient (Wildman–Crippen LogP) is 3.92. The highest BCUT2D eigenvalue weighted by Gasteiger charge is 2.14. The number of carbonyl (C=O) groups is 1. The maximum absolute atomic E-state index is 12.5. The fourth-order valence-corrected chi connectivity index (χ4v) is 3.00. The summed E-state index contributed by atoms with van der Waals surface area (Å²) in [6, 6.07) is 17.0. The Kier molecular flexibility index (Phi) is 3.97. The van der Waals surface area contributed by atoms with E-state index < -0.39 is 0 Å². The second-order valence-electron chi connectivity index (χ2n) is 6.10. The molecular formula is C21H16N2O3. The lowest BCUT2D eigenvalue weighted by atomic mass is 10.0. The first-order valence-electron chi connectivity index (χ1n) is 8.27. The summed E-state index contributed by atoms with van der Waals surface area (Å²) in [5, 5.41) is 0.502. The summed E-state index contributed by atoms with van der Waals surface area (Å²) >= 11 is 0. The van der Waals surface area contributed by atoms with Crippen LogP contribution in [-0.4, -0.2) is 15.8 Å². The van der Waals surface area contributed by atoms with Gasteiger partial charge in [-0.1, -0.05) is 36.4 Å². The van der Waals surface area contributed by atoms with E-state index in [1.165, 1.54) is 6.26 Å². The highest BCUT2D eigenvalue weighted by atomic mass is 16.3. The number of benzene rings is 2. The molecule has 4 aromatic rings. The van der Waals surface area contributed by atoms with Crippen molar-refractivity contribution in [2.75, 3.05) is 0 Å². The van der Waals surface area contributed by atoms with Gasteiger partial charge in [0, 0.05) is 0 Å². The van der Waals surface area contributed by atoms with Crippen LogP contribution in [0.4, 0.5) is 0 Å². The van der Waals surface area contributed by atoms with Gasteiger partial charge >= 0.3 is 0 Å². The number of ketones is 1. The van der Waals surface area contributed by atoms with E-state index in [2.05, 4.69) is 9.97 Å². The Morgan fingerprint density at radius 1 is 1.08 bits per heavy atom. The van der Waals surface area contributed by atoms with Crippen LogP contribution >= 0.6 is 0 Å². The molecule has 2 aromatic carbocycles. The molecule has 4 rings (SSSR count). The molecular weight excluding hydrogens is 328 g/mol. The third kappa shape index (κ3) is 2.95. The SMILES string of the molecule is Cc1occc1C(=O)Cc1nc2ccc(-c3ccccc3)cc2c(=O)[nH]1. The molecule has 5 heteroatoms. The minimum absolute atomic E-state index is 0.0198. The summed E-state index contributed by atoms with van der Waals surface area (Å²) in [6.07, 6.45) is 1.50. The highest BCUT2D eigenvalue weighted by Crippen LogP contribution is 2.22. The van der Waals surface area contributed by atoms with Crippen LogP contribution in [0.15, 0.2) is 70.1 Å². The Balaban J connectivity index is 1.70. The molecule has 2 aromatic heterocycles. The monoisotopic (exact) mass is 344 g/mol. The van der Waals surface area contributed by atoms with Crippen LogP contribution in [0.2, 0.25) is 0 Å².